The number of amides is 1. The molecule has 0 aliphatic rings. The average molecular weight is 311 g/mol. The lowest BCUT2D eigenvalue weighted by atomic mass is 10.0. The van der Waals surface area contributed by atoms with Crippen LogP contribution in [0.15, 0.2) is 36.4 Å². The van der Waals surface area contributed by atoms with Gasteiger partial charge >= 0.3 is 0 Å². The molecular weight excluding hydrogens is 294 g/mol. The second-order valence-corrected chi connectivity index (χ2v) is 5.13. The number of carbonyl (C=O) groups excluding carboxylic acids is 1. The second kappa shape index (κ2) is 5.96. The first-order valence-electron chi connectivity index (χ1n) is 7.14. The molecule has 7 heteroatoms. The van der Waals surface area contributed by atoms with Gasteiger partial charge in [0, 0.05) is 10.9 Å². The summed E-state index contributed by atoms with van der Waals surface area (Å²) in [7, 11) is 1.61. The van der Waals surface area contributed by atoms with Crippen molar-refractivity contribution in [1.82, 2.24) is 20.5 Å². The Bertz CT molecular complexity index is 859. The van der Waals surface area contributed by atoms with Crippen molar-refractivity contribution >= 4 is 22.6 Å². The van der Waals surface area contributed by atoms with Crippen LogP contribution in [-0.2, 0) is 0 Å². The van der Waals surface area contributed by atoms with E-state index in [1.165, 1.54) is 0 Å². The van der Waals surface area contributed by atoms with Crippen LogP contribution < -0.4 is 15.8 Å². The standard InChI is InChI=1S/C16H17N5O2/c1-9(14-19-16(17)21-20-14)18-15(22)12-7-8-13(23-2)11-6-4-3-5-10(11)12/h3-9H,1-2H3,(H,18,22)(H3,17,19,20,21)/t9-/m0/s1. The third kappa shape index (κ3) is 2.80. The number of fused-ring (bicyclic) bond motifs is 1. The molecule has 0 fully saturated rings. The molecule has 0 saturated carbocycles. The highest BCUT2D eigenvalue weighted by Gasteiger charge is 2.17. The van der Waals surface area contributed by atoms with Crippen molar-refractivity contribution in [2.24, 2.45) is 0 Å². The number of hydrogen-bond donors (Lipinski definition) is 3. The number of aromatic nitrogens is 3. The van der Waals surface area contributed by atoms with Crippen LogP contribution in [0.4, 0.5) is 5.95 Å². The first-order chi connectivity index (χ1) is 11.1. The van der Waals surface area contributed by atoms with E-state index >= 15 is 0 Å². The lowest BCUT2D eigenvalue weighted by Crippen LogP contribution is -2.27. The van der Waals surface area contributed by atoms with Gasteiger partial charge in [0.2, 0.25) is 5.95 Å². The SMILES string of the molecule is COc1ccc(C(=O)N[C@@H](C)c2nc(N)n[nH]2)c2ccccc12. The van der Waals surface area contributed by atoms with E-state index in [1.807, 2.05) is 31.2 Å². The summed E-state index contributed by atoms with van der Waals surface area (Å²) >= 11 is 0. The number of nitrogens with two attached hydrogens (primary N) is 1. The Labute approximate surface area is 132 Å². The van der Waals surface area contributed by atoms with Crippen molar-refractivity contribution in [2.45, 2.75) is 13.0 Å². The van der Waals surface area contributed by atoms with Gasteiger partial charge in [-0.15, -0.1) is 5.10 Å². The fourth-order valence-corrected chi connectivity index (χ4v) is 2.47. The molecule has 0 unspecified atom stereocenters. The van der Waals surface area contributed by atoms with Crippen molar-refractivity contribution in [3.05, 3.63) is 47.8 Å². The van der Waals surface area contributed by atoms with Crippen molar-refractivity contribution in [1.29, 1.82) is 0 Å². The molecular formula is C16H17N5O2. The summed E-state index contributed by atoms with van der Waals surface area (Å²) in [5.41, 5.74) is 6.05. The number of anilines is 1. The molecule has 23 heavy (non-hydrogen) atoms. The summed E-state index contributed by atoms with van der Waals surface area (Å²) < 4.78 is 5.35. The molecule has 2 aromatic carbocycles. The van der Waals surface area contributed by atoms with Gasteiger partial charge in [0.25, 0.3) is 5.91 Å². The number of nitrogens with zero attached hydrogens (tertiary/aromatic N) is 2. The van der Waals surface area contributed by atoms with Gasteiger partial charge in [0.1, 0.15) is 11.6 Å². The van der Waals surface area contributed by atoms with Crippen LogP contribution in [0.25, 0.3) is 10.8 Å². The Balaban J connectivity index is 1.92. The highest BCUT2D eigenvalue weighted by molar-refractivity contribution is 6.08. The Morgan fingerprint density at radius 1 is 1.26 bits per heavy atom. The highest BCUT2D eigenvalue weighted by Crippen LogP contribution is 2.28. The minimum absolute atomic E-state index is 0.149. The summed E-state index contributed by atoms with van der Waals surface area (Å²) in [5.74, 6) is 1.18. The first-order valence-corrected chi connectivity index (χ1v) is 7.14. The van der Waals surface area contributed by atoms with Gasteiger partial charge in [-0.2, -0.15) is 4.98 Å². The average Bonchev–Trinajstić information content (AvgIpc) is 3.00. The van der Waals surface area contributed by atoms with Gasteiger partial charge in [-0.05, 0) is 24.4 Å². The van der Waals surface area contributed by atoms with Gasteiger partial charge in [-0.25, -0.2) is 0 Å². The zero-order valence-corrected chi connectivity index (χ0v) is 12.8. The number of hydrogen-bond acceptors (Lipinski definition) is 5. The molecule has 3 aromatic rings. The van der Waals surface area contributed by atoms with Gasteiger partial charge < -0.3 is 15.8 Å². The van der Waals surface area contributed by atoms with Crippen LogP contribution in [0.5, 0.6) is 5.75 Å². The summed E-state index contributed by atoms with van der Waals surface area (Å²) in [6, 6.07) is 10.8. The molecule has 0 bridgehead atoms. The van der Waals surface area contributed by atoms with Gasteiger partial charge in [0.15, 0.2) is 0 Å². The number of benzene rings is 2. The largest absolute Gasteiger partial charge is 0.496 e. The van der Waals surface area contributed by atoms with E-state index in [0.717, 1.165) is 16.5 Å². The van der Waals surface area contributed by atoms with Crippen LogP contribution in [0.1, 0.15) is 29.1 Å². The third-order valence-electron chi connectivity index (χ3n) is 3.63. The summed E-state index contributed by atoms with van der Waals surface area (Å²) in [4.78, 5) is 16.6. The monoisotopic (exact) mass is 311 g/mol. The maximum absolute atomic E-state index is 12.6. The van der Waals surface area contributed by atoms with Crippen molar-refractivity contribution in [2.75, 3.05) is 12.8 Å². The van der Waals surface area contributed by atoms with Crippen molar-refractivity contribution < 1.29 is 9.53 Å². The van der Waals surface area contributed by atoms with Gasteiger partial charge in [-0.3, -0.25) is 9.89 Å². The van der Waals surface area contributed by atoms with E-state index in [4.69, 9.17) is 10.5 Å². The predicted molar refractivity (Wildman–Crippen MR) is 87.2 cm³/mol. The molecule has 0 spiro atoms. The quantitative estimate of drug-likeness (QED) is 0.683. The summed E-state index contributed by atoms with van der Waals surface area (Å²) in [6.07, 6.45) is 0. The zero-order valence-electron chi connectivity index (χ0n) is 12.8. The highest BCUT2D eigenvalue weighted by atomic mass is 16.5. The lowest BCUT2D eigenvalue weighted by Gasteiger charge is -2.14. The Morgan fingerprint density at radius 3 is 2.65 bits per heavy atom. The molecule has 4 N–H and O–H groups in total. The molecule has 0 radical (unpaired) electrons. The molecule has 1 amide bonds. The minimum Gasteiger partial charge on any atom is -0.496 e. The number of H-pyrrole nitrogens is 1. The fourth-order valence-electron chi connectivity index (χ4n) is 2.47. The number of rotatable bonds is 4. The van der Waals surface area contributed by atoms with Crippen molar-refractivity contribution in [3.8, 4) is 5.75 Å². The van der Waals surface area contributed by atoms with Crippen LogP contribution in [0, 0.1) is 0 Å². The second-order valence-electron chi connectivity index (χ2n) is 5.13. The van der Waals surface area contributed by atoms with Gasteiger partial charge in [-0.1, -0.05) is 24.3 Å². The van der Waals surface area contributed by atoms with Crippen LogP contribution in [0.2, 0.25) is 0 Å². The molecule has 0 aliphatic carbocycles. The normalized spacial score (nSPS) is 12.1. The van der Waals surface area contributed by atoms with E-state index in [1.54, 1.807) is 19.2 Å². The predicted octanol–water partition coefficient (Wildman–Crippen LogP) is 2.04. The third-order valence-corrected chi connectivity index (χ3v) is 3.63. The molecule has 118 valence electrons. The Kier molecular flexibility index (Phi) is 3.84. The smallest absolute Gasteiger partial charge is 0.252 e. The zero-order chi connectivity index (χ0) is 16.4. The van der Waals surface area contributed by atoms with E-state index < -0.39 is 0 Å². The van der Waals surface area contributed by atoms with Crippen LogP contribution in [-0.4, -0.2) is 28.2 Å². The lowest BCUT2D eigenvalue weighted by molar-refractivity contribution is 0.0940. The molecule has 1 heterocycles. The topological polar surface area (TPSA) is 106 Å². The Morgan fingerprint density at radius 2 is 2.00 bits per heavy atom. The summed E-state index contributed by atoms with van der Waals surface area (Å²) in [5, 5.41) is 11.1. The molecule has 1 atom stereocenters. The van der Waals surface area contributed by atoms with E-state index in [9.17, 15) is 4.79 Å². The summed E-state index contributed by atoms with van der Waals surface area (Å²) in [6.45, 7) is 1.81. The number of methoxy groups -OCH3 is 1. The fraction of sp³-hybridized carbons (Fsp3) is 0.188. The molecule has 1 aromatic heterocycles. The number of carbonyl (C=O) groups is 1. The number of ether oxygens (including phenoxy) is 1. The molecule has 0 saturated heterocycles. The first kappa shape index (κ1) is 14.8. The number of aromatic amines is 1. The molecule has 3 rings (SSSR count). The van der Waals surface area contributed by atoms with E-state index in [2.05, 4.69) is 20.5 Å². The molecule has 0 aliphatic heterocycles. The van der Waals surface area contributed by atoms with Crippen LogP contribution >= 0.6 is 0 Å². The Hall–Kier alpha value is -3.09. The minimum atomic E-state index is -0.340. The van der Waals surface area contributed by atoms with E-state index in [0.29, 0.717) is 11.4 Å². The van der Waals surface area contributed by atoms with Crippen LogP contribution in [0.3, 0.4) is 0 Å². The maximum atomic E-state index is 12.6. The molecule has 7 nitrogen and oxygen atoms in total. The van der Waals surface area contributed by atoms with E-state index in [-0.39, 0.29) is 17.9 Å². The number of nitrogen functional groups attached to an aromatic ring is 1. The number of nitrogens with one attached hydrogen (secondary N) is 2. The van der Waals surface area contributed by atoms with Gasteiger partial charge in [0.05, 0.1) is 13.2 Å². The maximum Gasteiger partial charge on any atom is 0.252 e. The van der Waals surface area contributed by atoms with Crippen molar-refractivity contribution in [3.63, 3.8) is 0 Å².